The molecule has 17 heavy (non-hydrogen) atoms. The second-order valence-corrected chi connectivity index (χ2v) is 5.56. The second-order valence-electron chi connectivity index (χ2n) is 5.56. The molecular weight excluding hydrogens is 216 g/mol. The normalized spacial score (nSPS) is 29.5. The molecule has 1 aliphatic carbocycles. The van der Waals surface area contributed by atoms with Crippen LogP contribution in [0, 0.1) is 0 Å². The fourth-order valence-electron chi connectivity index (χ4n) is 2.87. The highest BCUT2D eigenvalue weighted by Gasteiger charge is 2.30. The molecule has 0 aromatic heterocycles. The molecule has 1 amide bonds. The van der Waals surface area contributed by atoms with E-state index in [4.69, 9.17) is 0 Å². The Kier molecular flexibility index (Phi) is 4.40. The third-order valence-corrected chi connectivity index (χ3v) is 3.99. The molecule has 2 aliphatic rings. The maximum absolute atomic E-state index is 11.4. The van der Waals surface area contributed by atoms with Gasteiger partial charge in [0.1, 0.15) is 0 Å². The minimum absolute atomic E-state index is 0.135. The molecule has 1 aliphatic heterocycles. The van der Waals surface area contributed by atoms with E-state index in [1.54, 1.807) is 0 Å². The second kappa shape index (κ2) is 5.83. The molecule has 2 fully saturated rings. The zero-order valence-corrected chi connectivity index (χ0v) is 10.5. The van der Waals surface area contributed by atoms with Gasteiger partial charge in [0, 0.05) is 25.6 Å². The first-order chi connectivity index (χ1) is 8.18. The molecule has 0 radical (unpaired) electrons. The topological polar surface area (TPSA) is 61.4 Å². The molecule has 1 saturated carbocycles. The van der Waals surface area contributed by atoms with E-state index in [0.29, 0.717) is 13.0 Å². The predicted octanol–water partition coefficient (Wildman–Crippen LogP) is 0.940. The van der Waals surface area contributed by atoms with E-state index >= 15 is 0 Å². The van der Waals surface area contributed by atoms with Crippen molar-refractivity contribution >= 4 is 5.91 Å². The molecule has 1 unspecified atom stereocenters. The van der Waals surface area contributed by atoms with Crippen molar-refractivity contribution in [3.05, 3.63) is 0 Å². The van der Waals surface area contributed by atoms with Crippen LogP contribution < -0.4 is 10.6 Å². The Morgan fingerprint density at radius 1 is 1.29 bits per heavy atom. The summed E-state index contributed by atoms with van der Waals surface area (Å²) in [7, 11) is 0. The molecule has 1 saturated heterocycles. The van der Waals surface area contributed by atoms with Crippen molar-refractivity contribution in [3.8, 4) is 0 Å². The van der Waals surface area contributed by atoms with Crippen LogP contribution in [0.15, 0.2) is 0 Å². The summed E-state index contributed by atoms with van der Waals surface area (Å²) in [5.74, 6) is 0.135. The Labute approximate surface area is 103 Å². The van der Waals surface area contributed by atoms with Crippen LogP contribution in [-0.2, 0) is 4.79 Å². The van der Waals surface area contributed by atoms with Gasteiger partial charge >= 0.3 is 0 Å². The van der Waals surface area contributed by atoms with Crippen LogP contribution >= 0.6 is 0 Å². The van der Waals surface area contributed by atoms with Gasteiger partial charge in [-0.05, 0) is 25.7 Å². The van der Waals surface area contributed by atoms with Crippen LogP contribution in [0.1, 0.15) is 51.4 Å². The number of hydrogen-bond acceptors (Lipinski definition) is 3. The fraction of sp³-hybridized carbons (Fsp3) is 0.923. The van der Waals surface area contributed by atoms with Gasteiger partial charge in [-0.25, -0.2) is 0 Å². The molecule has 2 rings (SSSR count). The molecule has 0 aromatic rings. The van der Waals surface area contributed by atoms with Crippen molar-refractivity contribution in [2.24, 2.45) is 0 Å². The number of carbonyl (C=O) groups excluding carboxylic acids is 1. The lowest BCUT2D eigenvalue weighted by atomic mass is 9.84. The summed E-state index contributed by atoms with van der Waals surface area (Å²) in [6, 6.07) is 0.239. The fourth-order valence-corrected chi connectivity index (χ4v) is 2.87. The molecule has 4 nitrogen and oxygen atoms in total. The summed E-state index contributed by atoms with van der Waals surface area (Å²) in [6.45, 7) is 1.44. The van der Waals surface area contributed by atoms with E-state index in [2.05, 4.69) is 10.6 Å². The number of carbonyl (C=O) groups is 1. The number of aliphatic hydroxyl groups is 1. The Morgan fingerprint density at radius 3 is 2.82 bits per heavy atom. The van der Waals surface area contributed by atoms with Gasteiger partial charge in [0.05, 0.1) is 5.60 Å². The highest BCUT2D eigenvalue weighted by atomic mass is 16.3. The van der Waals surface area contributed by atoms with Crippen LogP contribution in [0.3, 0.4) is 0 Å². The third kappa shape index (κ3) is 3.96. The summed E-state index contributed by atoms with van der Waals surface area (Å²) in [6.07, 6.45) is 7.91. The molecule has 1 heterocycles. The lowest BCUT2D eigenvalue weighted by Crippen LogP contribution is -2.46. The number of nitrogens with one attached hydrogen (secondary N) is 2. The maximum Gasteiger partial charge on any atom is 0.221 e. The van der Waals surface area contributed by atoms with Crippen molar-refractivity contribution in [3.63, 3.8) is 0 Å². The van der Waals surface area contributed by atoms with Crippen molar-refractivity contribution < 1.29 is 9.90 Å². The van der Waals surface area contributed by atoms with Gasteiger partial charge in [0.25, 0.3) is 0 Å². The zero-order valence-electron chi connectivity index (χ0n) is 10.5. The first-order valence-electron chi connectivity index (χ1n) is 6.90. The smallest absolute Gasteiger partial charge is 0.221 e. The minimum Gasteiger partial charge on any atom is -0.389 e. The molecule has 4 heteroatoms. The van der Waals surface area contributed by atoms with Gasteiger partial charge in [0.15, 0.2) is 0 Å². The summed E-state index contributed by atoms with van der Waals surface area (Å²) < 4.78 is 0. The van der Waals surface area contributed by atoms with Crippen molar-refractivity contribution in [1.82, 2.24) is 10.6 Å². The summed E-state index contributed by atoms with van der Waals surface area (Å²) in [4.78, 5) is 11.4. The Balaban J connectivity index is 1.77. The predicted molar refractivity (Wildman–Crippen MR) is 66.7 cm³/mol. The molecule has 98 valence electrons. The van der Waals surface area contributed by atoms with Crippen LogP contribution in [0.5, 0.6) is 0 Å². The third-order valence-electron chi connectivity index (χ3n) is 3.99. The molecular formula is C13H24N2O2. The van der Waals surface area contributed by atoms with Gasteiger partial charge in [-0.1, -0.05) is 19.3 Å². The minimum atomic E-state index is -0.527. The van der Waals surface area contributed by atoms with E-state index in [1.165, 1.54) is 6.42 Å². The first-order valence-corrected chi connectivity index (χ1v) is 6.90. The van der Waals surface area contributed by atoms with Crippen LogP contribution in [0.25, 0.3) is 0 Å². The van der Waals surface area contributed by atoms with Gasteiger partial charge in [0.2, 0.25) is 5.91 Å². The number of hydrogen-bond donors (Lipinski definition) is 3. The largest absolute Gasteiger partial charge is 0.389 e. The summed E-state index contributed by atoms with van der Waals surface area (Å²) >= 11 is 0. The van der Waals surface area contributed by atoms with Crippen LogP contribution in [0.4, 0.5) is 0 Å². The van der Waals surface area contributed by atoms with Gasteiger partial charge in [-0.15, -0.1) is 0 Å². The SMILES string of the molecule is O=C1CC(NCC2(O)CCCCC2)CCCN1. The molecule has 0 aromatic carbocycles. The maximum atomic E-state index is 11.4. The Bertz CT molecular complexity index is 262. The molecule has 1 atom stereocenters. The van der Waals surface area contributed by atoms with Crippen LogP contribution in [0.2, 0.25) is 0 Å². The standard InChI is InChI=1S/C13H24N2O2/c16-12-9-11(5-4-8-14-12)15-10-13(17)6-2-1-3-7-13/h11,15,17H,1-10H2,(H,14,16). The van der Waals surface area contributed by atoms with E-state index in [9.17, 15) is 9.90 Å². The van der Waals surface area contributed by atoms with Gasteiger partial charge in [-0.2, -0.15) is 0 Å². The number of amides is 1. The Morgan fingerprint density at radius 2 is 2.06 bits per heavy atom. The van der Waals surface area contributed by atoms with Crippen molar-refractivity contribution in [2.75, 3.05) is 13.1 Å². The summed E-state index contributed by atoms with van der Waals surface area (Å²) in [5.41, 5.74) is -0.527. The van der Waals surface area contributed by atoms with Crippen molar-refractivity contribution in [1.29, 1.82) is 0 Å². The quantitative estimate of drug-likeness (QED) is 0.688. The lowest BCUT2D eigenvalue weighted by Gasteiger charge is -2.33. The lowest BCUT2D eigenvalue weighted by molar-refractivity contribution is -0.121. The molecule has 3 N–H and O–H groups in total. The van der Waals surface area contributed by atoms with Crippen LogP contribution in [-0.4, -0.2) is 35.7 Å². The molecule has 0 bridgehead atoms. The first kappa shape index (κ1) is 12.8. The van der Waals surface area contributed by atoms with E-state index in [0.717, 1.165) is 45.1 Å². The van der Waals surface area contributed by atoms with E-state index in [-0.39, 0.29) is 11.9 Å². The van der Waals surface area contributed by atoms with E-state index in [1.807, 2.05) is 0 Å². The van der Waals surface area contributed by atoms with Gasteiger partial charge in [-0.3, -0.25) is 4.79 Å². The highest BCUT2D eigenvalue weighted by Crippen LogP contribution is 2.27. The van der Waals surface area contributed by atoms with Gasteiger partial charge < -0.3 is 15.7 Å². The average molecular weight is 240 g/mol. The van der Waals surface area contributed by atoms with E-state index < -0.39 is 5.60 Å². The highest BCUT2D eigenvalue weighted by molar-refractivity contribution is 5.76. The Hall–Kier alpha value is -0.610. The molecule has 0 spiro atoms. The van der Waals surface area contributed by atoms with Crippen molar-refractivity contribution in [2.45, 2.75) is 63.0 Å². The summed E-state index contributed by atoms with van der Waals surface area (Å²) in [5, 5.41) is 16.6. The number of rotatable bonds is 3. The zero-order chi connectivity index (χ0) is 12.1. The average Bonchev–Trinajstić information content (AvgIpc) is 2.52. The monoisotopic (exact) mass is 240 g/mol.